The molecule has 0 aliphatic heterocycles. The smallest absolute Gasteiger partial charge is 0.275 e. The lowest BCUT2D eigenvalue weighted by Gasteiger charge is -2.12. The van der Waals surface area contributed by atoms with Crippen LogP contribution in [0.25, 0.3) is 0 Å². The number of nitrogens with one attached hydrogen (secondary N) is 2. The summed E-state index contributed by atoms with van der Waals surface area (Å²) >= 11 is 6.12. The summed E-state index contributed by atoms with van der Waals surface area (Å²) in [6.07, 6.45) is 2.88. The summed E-state index contributed by atoms with van der Waals surface area (Å²) in [6, 6.07) is 10.6. The predicted molar refractivity (Wildman–Crippen MR) is 109 cm³/mol. The van der Waals surface area contributed by atoms with E-state index in [1.807, 2.05) is 13.0 Å². The molecule has 0 unspecified atom stereocenters. The number of halogens is 1. The third kappa shape index (κ3) is 4.50. The Kier molecular flexibility index (Phi) is 5.96. The van der Waals surface area contributed by atoms with E-state index < -0.39 is 0 Å². The molecule has 2 aromatic carbocycles. The molecule has 7 nitrogen and oxygen atoms in total. The fourth-order valence-corrected chi connectivity index (χ4v) is 2.60. The van der Waals surface area contributed by atoms with Crippen LogP contribution in [0.1, 0.15) is 16.1 Å². The fraction of sp³-hybridized carbons (Fsp3) is 0.150. The molecule has 1 amide bonds. The highest BCUT2D eigenvalue weighted by atomic mass is 35.5. The fourth-order valence-electron chi connectivity index (χ4n) is 2.45. The second-order valence-electron chi connectivity index (χ2n) is 5.90. The van der Waals surface area contributed by atoms with E-state index in [0.717, 1.165) is 5.56 Å². The summed E-state index contributed by atoms with van der Waals surface area (Å²) in [5.41, 5.74) is 2.43. The minimum atomic E-state index is -0.357. The Bertz CT molecular complexity index is 976. The van der Waals surface area contributed by atoms with Crippen LogP contribution in [-0.4, -0.2) is 30.1 Å². The summed E-state index contributed by atoms with van der Waals surface area (Å²) in [5, 5.41) is 6.49. The first-order valence-corrected chi connectivity index (χ1v) is 8.76. The number of aryl methyl sites for hydroxylation is 1. The number of methoxy groups -OCH3 is 2. The van der Waals surface area contributed by atoms with Crippen molar-refractivity contribution in [3.05, 3.63) is 65.1 Å². The predicted octanol–water partition coefficient (Wildman–Crippen LogP) is 4.45. The van der Waals surface area contributed by atoms with Crippen LogP contribution in [0.4, 0.5) is 17.2 Å². The van der Waals surface area contributed by atoms with Gasteiger partial charge in [0, 0.05) is 16.8 Å². The number of hydrogen-bond donors (Lipinski definition) is 2. The van der Waals surface area contributed by atoms with Gasteiger partial charge in [0.15, 0.2) is 0 Å². The largest absolute Gasteiger partial charge is 0.497 e. The maximum absolute atomic E-state index is 12.3. The quantitative estimate of drug-likeness (QED) is 0.638. The van der Waals surface area contributed by atoms with Crippen LogP contribution in [0.3, 0.4) is 0 Å². The van der Waals surface area contributed by atoms with Gasteiger partial charge in [0.05, 0.1) is 32.3 Å². The molecule has 1 aromatic heterocycles. The molecule has 0 atom stereocenters. The Balaban J connectivity index is 1.71. The zero-order chi connectivity index (χ0) is 20.1. The summed E-state index contributed by atoms with van der Waals surface area (Å²) in [6.45, 7) is 1.89. The summed E-state index contributed by atoms with van der Waals surface area (Å²) in [7, 11) is 3.14. The topological polar surface area (TPSA) is 85.4 Å². The lowest BCUT2D eigenvalue weighted by Crippen LogP contribution is -2.14. The first kappa shape index (κ1) is 19.4. The SMILES string of the molecule is COc1ccc(NC(=O)c2cnc(Nc3cc(C)c(Cl)cc3OC)cn2)cc1. The first-order valence-electron chi connectivity index (χ1n) is 8.38. The summed E-state index contributed by atoms with van der Waals surface area (Å²) in [4.78, 5) is 20.7. The minimum Gasteiger partial charge on any atom is -0.497 e. The van der Waals surface area contributed by atoms with Crippen molar-refractivity contribution in [2.45, 2.75) is 6.92 Å². The van der Waals surface area contributed by atoms with Gasteiger partial charge in [0.2, 0.25) is 0 Å². The van der Waals surface area contributed by atoms with Gasteiger partial charge in [-0.1, -0.05) is 11.6 Å². The second kappa shape index (κ2) is 8.58. The number of nitrogens with zero attached hydrogens (tertiary/aromatic N) is 2. The number of ether oxygens (including phenoxy) is 2. The van der Waals surface area contributed by atoms with E-state index in [9.17, 15) is 4.79 Å². The third-order valence-corrected chi connectivity index (χ3v) is 4.38. The number of benzene rings is 2. The maximum Gasteiger partial charge on any atom is 0.275 e. The summed E-state index contributed by atoms with van der Waals surface area (Å²) < 4.78 is 10.4. The molecule has 2 N–H and O–H groups in total. The molecule has 0 bridgehead atoms. The Morgan fingerprint density at radius 3 is 2.39 bits per heavy atom. The zero-order valence-electron chi connectivity index (χ0n) is 15.6. The molecule has 0 saturated carbocycles. The molecular weight excluding hydrogens is 380 g/mol. The lowest BCUT2D eigenvalue weighted by atomic mass is 10.2. The van der Waals surface area contributed by atoms with Crippen LogP contribution in [0, 0.1) is 6.92 Å². The highest BCUT2D eigenvalue weighted by molar-refractivity contribution is 6.31. The van der Waals surface area contributed by atoms with E-state index in [-0.39, 0.29) is 11.6 Å². The van der Waals surface area contributed by atoms with E-state index in [0.29, 0.717) is 33.7 Å². The lowest BCUT2D eigenvalue weighted by molar-refractivity contribution is 0.102. The molecule has 0 saturated heterocycles. The monoisotopic (exact) mass is 398 g/mol. The van der Waals surface area contributed by atoms with Crippen LogP contribution in [0.15, 0.2) is 48.8 Å². The van der Waals surface area contributed by atoms with Gasteiger partial charge in [-0.25, -0.2) is 9.97 Å². The van der Waals surface area contributed by atoms with Gasteiger partial charge in [-0.2, -0.15) is 0 Å². The highest BCUT2D eigenvalue weighted by Crippen LogP contribution is 2.32. The third-order valence-electron chi connectivity index (χ3n) is 3.98. The van der Waals surface area contributed by atoms with E-state index in [1.165, 1.54) is 12.4 Å². The molecule has 0 aliphatic rings. The second-order valence-corrected chi connectivity index (χ2v) is 6.30. The van der Waals surface area contributed by atoms with Gasteiger partial charge < -0.3 is 20.1 Å². The van der Waals surface area contributed by atoms with Crippen molar-refractivity contribution in [1.82, 2.24) is 9.97 Å². The summed E-state index contributed by atoms with van der Waals surface area (Å²) in [5.74, 6) is 1.41. The van der Waals surface area contributed by atoms with E-state index >= 15 is 0 Å². The maximum atomic E-state index is 12.3. The van der Waals surface area contributed by atoms with Gasteiger partial charge in [-0.3, -0.25) is 4.79 Å². The molecule has 1 heterocycles. The van der Waals surface area contributed by atoms with Crippen LogP contribution in [0.5, 0.6) is 11.5 Å². The average Bonchev–Trinajstić information content (AvgIpc) is 2.71. The molecule has 0 spiro atoms. The van der Waals surface area contributed by atoms with Crippen molar-refractivity contribution in [2.75, 3.05) is 24.9 Å². The van der Waals surface area contributed by atoms with Gasteiger partial charge in [0.25, 0.3) is 5.91 Å². The van der Waals surface area contributed by atoms with Gasteiger partial charge in [-0.15, -0.1) is 0 Å². The Morgan fingerprint density at radius 1 is 1.04 bits per heavy atom. The molecule has 28 heavy (non-hydrogen) atoms. The molecule has 144 valence electrons. The first-order chi connectivity index (χ1) is 13.5. The van der Waals surface area contributed by atoms with Crippen molar-refractivity contribution in [2.24, 2.45) is 0 Å². The van der Waals surface area contributed by atoms with E-state index in [1.54, 1.807) is 44.6 Å². The van der Waals surface area contributed by atoms with Crippen molar-refractivity contribution < 1.29 is 14.3 Å². The minimum absolute atomic E-state index is 0.195. The van der Waals surface area contributed by atoms with Crippen LogP contribution in [0.2, 0.25) is 5.02 Å². The van der Waals surface area contributed by atoms with Crippen LogP contribution >= 0.6 is 11.6 Å². The number of hydrogen-bond acceptors (Lipinski definition) is 6. The van der Waals surface area contributed by atoms with Gasteiger partial charge in [-0.05, 0) is 42.8 Å². The zero-order valence-corrected chi connectivity index (χ0v) is 16.4. The molecule has 0 fully saturated rings. The van der Waals surface area contributed by atoms with Gasteiger partial charge in [0.1, 0.15) is 23.0 Å². The van der Waals surface area contributed by atoms with Crippen molar-refractivity contribution >= 4 is 34.7 Å². The molecule has 0 radical (unpaired) electrons. The number of anilines is 3. The molecule has 0 aliphatic carbocycles. The average molecular weight is 399 g/mol. The van der Waals surface area contributed by atoms with Crippen LogP contribution in [-0.2, 0) is 0 Å². The van der Waals surface area contributed by atoms with Crippen molar-refractivity contribution in [3.63, 3.8) is 0 Å². The van der Waals surface area contributed by atoms with Crippen molar-refractivity contribution in [1.29, 1.82) is 0 Å². The Morgan fingerprint density at radius 2 is 1.79 bits per heavy atom. The normalized spacial score (nSPS) is 10.3. The van der Waals surface area contributed by atoms with Crippen LogP contribution < -0.4 is 20.1 Å². The van der Waals surface area contributed by atoms with Gasteiger partial charge >= 0.3 is 0 Å². The number of rotatable bonds is 6. The molecule has 8 heteroatoms. The molecule has 3 rings (SSSR count). The van der Waals surface area contributed by atoms with Crippen molar-refractivity contribution in [3.8, 4) is 11.5 Å². The number of carbonyl (C=O) groups excluding carboxylic acids is 1. The Hall–Kier alpha value is -3.32. The molecule has 3 aromatic rings. The highest BCUT2D eigenvalue weighted by Gasteiger charge is 2.11. The number of amides is 1. The number of carbonyl (C=O) groups is 1. The van der Waals surface area contributed by atoms with E-state index in [4.69, 9.17) is 21.1 Å². The standard InChI is InChI=1S/C20H19ClN4O3/c1-12-8-16(18(28-3)9-15(12)21)25-19-11-22-17(10-23-19)20(26)24-13-4-6-14(27-2)7-5-13/h4-11H,1-3H3,(H,23,25)(H,24,26). The number of aromatic nitrogens is 2. The molecular formula is C20H19ClN4O3. The van der Waals surface area contributed by atoms with E-state index in [2.05, 4.69) is 20.6 Å². The Labute approximate surface area is 167 Å².